The van der Waals surface area contributed by atoms with Gasteiger partial charge in [-0.15, -0.1) is 0 Å². The van der Waals surface area contributed by atoms with E-state index < -0.39 is 84.9 Å². The smallest absolute Gasteiger partial charge is 0.411 e. The molecule has 0 fully saturated rings. The van der Waals surface area contributed by atoms with Crippen LogP contribution in [0.25, 0.3) is 0 Å². The molecular formula is C43H30F6N4O9S. The second-order valence-corrected chi connectivity index (χ2v) is 15.5. The number of esters is 4. The topological polar surface area (TPSA) is 234 Å². The fourth-order valence-corrected chi connectivity index (χ4v) is 7.52. The van der Waals surface area contributed by atoms with Crippen LogP contribution in [0.4, 0.5) is 49.1 Å². The van der Waals surface area contributed by atoms with Crippen molar-refractivity contribution in [3.8, 4) is 11.5 Å². The first-order valence-electron chi connectivity index (χ1n) is 17.8. The lowest BCUT2D eigenvalue weighted by atomic mass is 9.71. The number of ether oxygens (including phenoxy) is 3. The normalized spacial score (nSPS) is 13.4. The van der Waals surface area contributed by atoms with Gasteiger partial charge in [-0.05, 0) is 132 Å². The summed E-state index contributed by atoms with van der Waals surface area (Å²) in [6.45, 7) is 0. The van der Waals surface area contributed by atoms with Gasteiger partial charge in [-0.2, -0.15) is 26.3 Å². The summed E-state index contributed by atoms with van der Waals surface area (Å²) in [5.41, 5.74) is 14.6. The number of carbonyl (C=O) groups excluding carboxylic acids is 4. The molecule has 0 unspecified atom stereocenters. The van der Waals surface area contributed by atoms with Crippen LogP contribution in [0.5, 0.6) is 11.5 Å². The van der Waals surface area contributed by atoms with Gasteiger partial charge in [0.25, 0.3) is 0 Å². The highest BCUT2D eigenvalue weighted by molar-refractivity contribution is 7.91. The van der Waals surface area contributed by atoms with Gasteiger partial charge < -0.3 is 37.1 Å². The Morgan fingerprint density at radius 1 is 0.413 bits per heavy atom. The Morgan fingerprint density at radius 2 is 0.698 bits per heavy atom. The minimum atomic E-state index is -6.02. The predicted octanol–water partition coefficient (Wildman–Crippen LogP) is 8.05. The summed E-state index contributed by atoms with van der Waals surface area (Å²) in [6.07, 6.45) is -12.0. The number of halogens is 6. The standard InChI is InChI=1S/C19H6F6O6.C12H12N2O2S.C12H12N2O/c20-18(21,22)17(19(23,24)25,7-1-3-9-11(5-7)15(28)30-13(9)26)8-2-4-10-12(6-8)16(29)31-14(10)27;13-9-1-5-11(6-2-9)17(15,16)12-7-3-10(14)4-8-12;13-9-1-5-11(6-2-9)15-12-7-3-10(14)4-8-12/h1-6H;1-8H,13-14H2;1-8H,13-14H2. The van der Waals surface area contributed by atoms with Gasteiger partial charge in [-0.1, -0.05) is 12.1 Å². The molecule has 6 aromatic carbocycles. The van der Waals surface area contributed by atoms with Crippen LogP contribution in [0.1, 0.15) is 52.6 Å². The minimum absolute atomic E-state index is 0.219. The van der Waals surface area contributed by atoms with Crippen molar-refractivity contribution in [3.63, 3.8) is 0 Å². The van der Waals surface area contributed by atoms with Crippen LogP contribution in [0, 0.1) is 0 Å². The van der Waals surface area contributed by atoms with E-state index >= 15 is 0 Å². The van der Waals surface area contributed by atoms with Crippen LogP contribution in [0.15, 0.2) is 143 Å². The lowest BCUT2D eigenvalue weighted by Crippen LogP contribution is -2.55. The summed E-state index contributed by atoms with van der Waals surface area (Å²) in [6, 6.07) is 29.3. The van der Waals surface area contributed by atoms with Crippen LogP contribution in [0.3, 0.4) is 0 Å². The highest BCUT2D eigenvalue weighted by atomic mass is 32.2. The largest absolute Gasteiger partial charge is 0.457 e. The number of hydrogen-bond donors (Lipinski definition) is 4. The first-order valence-corrected chi connectivity index (χ1v) is 19.3. The summed E-state index contributed by atoms with van der Waals surface area (Å²) in [4.78, 5) is 46.9. The molecule has 0 atom stereocenters. The predicted molar refractivity (Wildman–Crippen MR) is 214 cm³/mol. The van der Waals surface area contributed by atoms with Crippen molar-refractivity contribution in [2.45, 2.75) is 27.6 Å². The van der Waals surface area contributed by atoms with Gasteiger partial charge in [0.1, 0.15) is 11.5 Å². The first kappa shape index (κ1) is 44.7. The third-order valence-electron chi connectivity index (χ3n) is 9.38. The number of anilines is 4. The maximum absolute atomic E-state index is 14.2. The van der Waals surface area contributed by atoms with E-state index in [1.54, 1.807) is 48.5 Å². The Hall–Kier alpha value is -7.87. The van der Waals surface area contributed by atoms with Gasteiger partial charge >= 0.3 is 36.2 Å². The van der Waals surface area contributed by atoms with Crippen molar-refractivity contribution in [3.05, 3.63) is 167 Å². The molecule has 0 saturated carbocycles. The molecule has 8 rings (SSSR count). The van der Waals surface area contributed by atoms with Crippen LogP contribution >= 0.6 is 0 Å². The van der Waals surface area contributed by atoms with Gasteiger partial charge in [-0.25, -0.2) is 27.6 Å². The van der Waals surface area contributed by atoms with E-state index in [1.165, 1.54) is 24.3 Å². The molecule has 13 nitrogen and oxygen atoms in total. The Bertz CT molecular complexity index is 2660. The second-order valence-electron chi connectivity index (χ2n) is 13.5. The molecule has 0 radical (unpaired) electrons. The fraction of sp³-hybridized carbons (Fsp3) is 0.0698. The molecule has 0 aromatic heterocycles. The number of cyclic esters (lactones) is 4. The molecule has 2 heterocycles. The van der Waals surface area contributed by atoms with Crippen LogP contribution < -0.4 is 27.7 Å². The van der Waals surface area contributed by atoms with Crippen molar-refractivity contribution in [2.75, 3.05) is 22.9 Å². The maximum Gasteiger partial charge on any atom is 0.411 e. The van der Waals surface area contributed by atoms with Crippen molar-refractivity contribution < 1.29 is 68.1 Å². The van der Waals surface area contributed by atoms with Gasteiger partial charge in [0, 0.05) is 22.7 Å². The Kier molecular flexibility index (Phi) is 12.0. The lowest BCUT2D eigenvalue weighted by molar-refractivity contribution is -0.288. The first-order chi connectivity index (χ1) is 29.5. The summed E-state index contributed by atoms with van der Waals surface area (Å²) in [7, 11) is -3.48. The molecule has 2 aliphatic heterocycles. The fourth-order valence-electron chi connectivity index (χ4n) is 6.26. The molecule has 8 N–H and O–H groups in total. The van der Waals surface area contributed by atoms with E-state index in [4.69, 9.17) is 27.7 Å². The van der Waals surface area contributed by atoms with E-state index in [9.17, 15) is 53.9 Å². The average molecular weight is 893 g/mol. The summed E-state index contributed by atoms with van der Waals surface area (Å²) >= 11 is 0. The SMILES string of the molecule is Nc1ccc(Oc2ccc(N)cc2)cc1.Nc1ccc(S(=O)(=O)c2ccc(N)cc2)cc1.O=C1OC(=O)c2cc(C(c3ccc4c(c3)C(=O)OC4=O)(C(F)(F)F)C(F)(F)F)ccc21. The molecule has 0 amide bonds. The van der Waals surface area contributed by atoms with Gasteiger partial charge in [0.15, 0.2) is 0 Å². The monoisotopic (exact) mass is 892 g/mol. The summed E-state index contributed by atoms with van der Waals surface area (Å²) < 4.78 is 124. The van der Waals surface area contributed by atoms with E-state index in [0.717, 1.165) is 22.9 Å². The average Bonchev–Trinajstić information content (AvgIpc) is 3.67. The van der Waals surface area contributed by atoms with Crippen LogP contribution in [-0.4, -0.2) is 44.6 Å². The van der Waals surface area contributed by atoms with Gasteiger partial charge in [-0.3, -0.25) is 0 Å². The molecule has 0 aliphatic carbocycles. The molecule has 324 valence electrons. The van der Waals surface area contributed by atoms with Crippen LogP contribution in [0.2, 0.25) is 0 Å². The maximum atomic E-state index is 14.2. The zero-order valence-electron chi connectivity index (χ0n) is 31.9. The summed E-state index contributed by atoms with van der Waals surface area (Å²) in [5.74, 6) is -3.71. The zero-order valence-corrected chi connectivity index (χ0v) is 32.7. The molecule has 6 aromatic rings. The third kappa shape index (κ3) is 8.96. The summed E-state index contributed by atoms with van der Waals surface area (Å²) in [5, 5.41) is 0. The number of alkyl halides is 6. The molecule has 63 heavy (non-hydrogen) atoms. The number of sulfone groups is 1. The van der Waals surface area contributed by atoms with Crippen molar-refractivity contribution >= 4 is 56.5 Å². The number of fused-ring (bicyclic) bond motifs is 2. The van der Waals surface area contributed by atoms with Crippen molar-refractivity contribution in [2.24, 2.45) is 0 Å². The Balaban J connectivity index is 0.000000174. The lowest BCUT2D eigenvalue weighted by Gasteiger charge is -2.38. The van der Waals surface area contributed by atoms with Gasteiger partial charge in [0.2, 0.25) is 15.3 Å². The van der Waals surface area contributed by atoms with Crippen molar-refractivity contribution in [1.29, 1.82) is 0 Å². The highest BCUT2D eigenvalue weighted by Crippen LogP contribution is 2.57. The van der Waals surface area contributed by atoms with E-state index in [1.807, 2.05) is 24.3 Å². The quantitative estimate of drug-likeness (QED) is 0.0537. The number of rotatable bonds is 6. The number of nitrogen functional groups attached to an aromatic ring is 4. The van der Waals surface area contributed by atoms with E-state index in [2.05, 4.69) is 9.47 Å². The van der Waals surface area contributed by atoms with Crippen molar-refractivity contribution in [1.82, 2.24) is 0 Å². The molecule has 0 saturated heterocycles. The van der Waals surface area contributed by atoms with Crippen LogP contribution in [-0.2, 0) is 24.7 Å². The molecular weight excluding hydrogens is 863 g/mol. The molecule has 2 aliphatic rings. The Labute approximate surface area is 352 Å². The molecule has 20 heteroatoms. The highest BCUT2D eigenvalue weighted by Gasteiger charge is 2.73. The molecule has 0 spiro atoms. The van der Waals surface area contributed by atoms with E-state index in [-0.39, 0.29) is 21.9 Å². The Morgan fingerprint density at radius 3 is 1.00 bits per heavy atom. The number of carbonyl (C=O) groups is 4. The van der Waals surface area contributed by atoms with Gasteiger partial charge in [0.05, 0.1) is 32.0 Å². The number of benzene rings is 6. The number of hydrogen-bond acceptors (Lipinski definition) is 13. The third-order valence-corrected chi connectivity index (χ3v) is 11.2. The number of nitrogens with two attached hydrogens (primary N) is 4. The molecule has 0 bridgehead atoms. The minimum Gasteiger partial charge on any atom is -0.457 e. The second kappa shape index (κ2) is 16.9. The van der Waals surface area contributed by atoms with E-state index in [0.29, 0.717) is 35.6 Å². The zero-order chi connectivity index (χ0) is 46.1.